The van der Waals surface area contributed by atoms with Crippen LogP contribution >= 0.6 is 0 Å². The van der Waals surface area contributed by atoms with Crippen molar-refractivity contribution >= 4 is 0 Å². The molecular formula is C15H18N4. The van der Waals surface area contributed by atoms with Gasteiger partial charge in [-0.15, -0.1) is 10.2 Å². The summed E-state index contributed by atoms with van der Waals surface area (Å²) in [6.45, 7) is 4.09. The van der Waals surface area contributed by atoms with Gasteiger partial charge >= 0.3 is 0 Å². The van der Waals surface area contributed by atoms with E-state index in [1.807, 2.05) is 0 Å². The highest BCUT2D eigenvalue weighted by Gasteiger charge is 2.22. The van der Waals surface area contributed by atoms with Gasteiger partial charge in [0.05, 0.1) is 6.04 Å². The van der Waals surface area contributed by atoms with Crippen molar-refractivity contribution in [1.29, 1.82) is 0 Å². The Labute approximate surface area is 112 Å². The SMILES string of the molecule is CC1NCCn2c(-c3ccc4c(c3)CCC4)nnc21. The molecule has 2 aliphatic rings. The average molecular weight is 254 g/mol. The third kappa shape index (κ3) is 1.70. The predicted octanol–water partition coefficient (Wildman–Crippen LogP) is 2.10. The molecule has 0 saturated heterocycles. The molecule has 1 aliphatic heterocycles. The zero-order valence-electron chi connectivity index (χ0n) is 11.2. The summed E-state index contributed by atoms with van der Waals surface area (Å²) >= 11 is 0. The lowest BCUT2D eigenvalue weighted by Gasteiger charge is -2.22. The summed E-state index contributed by atoms with van der Waals surface area (Å²) < 4.78 is 2.26. The van der Waals surface area contributed by atoms with E-state index in [0.29, 0.717) is 6.04 Å². The fourth-order valence-electron chi connectivity index (χ4n) is 3.26. The molecule has 4 heteroatoms. The molecule has 0 bridgehead atoms. The minimum Gasteiger partial charge on any atom is -0.308 e. The summed E-state index contributed by atoms with van der Waals surface area (Å²) in [4.78, 5) is 0. The Balaban J connectivity index is 1.81. The molecule has 1 aromatic heterocycles. The molecule has 4 rings (SSSR count). The first-order valence-corrected chi connectivity index (χ1v) is 7.11. The number of nitrogens with one attached hydrogen (secondary N) is 1. The van der Waals surface area contributed by atoms with Crippen LogP contribution in [0.15, 0.2) is 18.2 Å². The Morgan fingerprint density at radius 1 is 1.21 bits per heavy atom. The number of aromatic nitrogens is 3. The Bertz CT molecular complexity index is 629. The second kappa shape index (κ2) is 4.17. The Morgan fingerprint density at radius 3 is 3.05 bits per heavy atom. The summed E-state index contributed by atoms with van der Waals surface area (Å²) in [5.41, 5.74) is 4.22. The molecule has 1 unspecified atom stereocenters. The smallest absolute Gasteiger partial charge is 0.164 e. The first-order valence-electron chi connectivity index (χ1n) is 7.11. The highest BCUT2D eigenvalue weighted by atomic mass is 15.3. The summed E-state index contributed by atoms with van der Waals surface area (Å²) in [6.07, 6.45) is 3.73. The van der Waals surface area contributed by atoms with Crippen LogP contribution in [0.25, 0.3) is 11.4 Å². The molecule has 1 aliphatic carbocycles. The second-order valence-electron chi connectivity index (χ2n) is 5.55. The molecule has 0 amide bonds. The van der Waals surface area contributed by atoms with Crippen molar-refractivity contribution in [3.8, 4) is 11.4 Å². The first-order chi connectivity index (χ1) is 9.33. The fourth-order valence-corrected chi connectivity index (χ4v) is 3.26. The van der Waals surface area contributed by atoms with Gasteiger partial charge in [-0.3, -0.25) is 0 Å². The van der Waals surface area contributed by atoms with Crippen LogP contribution < -0.4 is 5.32 Å². The molecule has 1 N–H and O–H groups in total. The van der Waals surface area contributed by atoms with Crippen LogP contribution in [0.2, 0.25) is 0 Å². The fraction of sp³-hybridized carbons (Fsp3) is 0.467. The lowest BCUT2D eigenvalue weighted by atomic mass is 10.1. The quantitative estimate of drug-likeness (QED) is 0.847. The van der Waals surface area contributed by atoms with E-state index in [1.165, 1.54) is 36.0 Å². The standard InChI is InChI=1S/C15H18N4/c1-10-14-17-18-15(19(14)8-7-16-10)13-6-5-11-3-2-4-12(11)9-13/h5-6,9-10,16H,2-4,7-8H2,1H3. The van der Waals surface area contributed by atoms with Gasteiger partial charge in [-0.25, -0.2) is 0 Å². The van der Waals surface area contributed by atoms with Gasteiger partial charge < -0.3 is 9.88 Å². The summed E-state index contributed by atoms with van der Waals surface area (Å²) in [5.74, 6) is 2.08. The molecule has 2 aromatic rings. The summed E-state index contributed by atoms with van der Waals surface area (Å²) in [7, 11) is 0. The molecule has 0 radical (unpaired) electrons. The summed E-state index contributed by atoms with van der Waals surface area (Å²) in [5, 5.41) is 12.2. The highest BCUT2D eigenvalue weighted by molar-refractivity contribution is 5.59. The van der Waals surface area contributed by atoms with Gasteiger partial charge in [-0.05, 0) is 43.4 Å². The molecule has 1 aromatic carbocycles. The van der Waals surface area contributed by atoms with Crippen LogP contribution in [0.3, 0.4) is 0 Å². The highest BCUT2D eigenvalue weighted by Crippen LogP contribution is 2.29. The van der Waals surface area contributed by atoms with E-state index in [4.69, 9.17) is 0 Å². The third-order valence-corrected chi connectivity index (χ3v) is 4.31. The minimum absolute atomic E-state index is 0.296. The normalized spacial score (nSPS) is 21.2. The van der Waals surface area contributed by atoms with Gasteiger partial charge in [0.1, 0.15) is 5.82 Å². The molecule has 0 saturated carbocycles. The molecular weight excluding hydrogens is 236 g/mol. The zero-order valence-corrected chi connectivity index (χ0v) is 11.2. The maximum Gasteiger partial charge on any atom is 0.164 e. The van der Waals surface area contributed by atoms with E-state index in [9.17, 15) is 0 Å². The van der Waals surface area contributed by atoms with E-state index >= 15 is 0 Å². The van der Waals surface area contributed by atoms with Crippen LogP contribution in [0.4, 0.5) is 0 Å². The Kier molecular flexibility index (Phi) is 2.45. The van der Waals surface area contributed by atoms with Crippen molar-refractivity contribution in [1.82, 2.24) is 20.1 Å². The van der Waals surface area contributed by atoms with Crippen LogP contribution in [0.1, 0.15) is 36.3 Å². The van der Waals surface area contributed by atoms with E-state index in [0.717, 1.165) is 24.7 Å². The second-order valence-corrected chi connectivity index (χ2v) is 5.55. The lowest BCUT2D eigenvalue weighted by Crippen LogP contribution is -2.32. The maximum atomic E-state index is 4.42. The average Bonchev–Trinajstić information content (AvgIpc) is 3.04. The van der Waals surface area contributed by atoms with Crippen molar-refractivity contribution in [2.45, 2.75) is 38.8 Å². The number of hydrogen-bond donors (Lipinski definition) is 1. The van der Waals surface area contributed by atoms with Crippen molar-refractivity contribution in [3.05, 3.63) is 35.2 Å². The zero-order chi connectivity index (χ0) is 12.8. The molecule has 1 atom stereocenters. The number of benzene rings is 1. The molecule has 4 nitrogen and oxygen atoms in total. The third-order valence-electron chi connectivity index (χ3n) is 4.31. The minimum atomic E-state index is 0.296. The van der Waals surface area contributed by atoms with Gasteiger partial charge in [0.2, 0.25) is 0 Å². The molecule has 0 fully saturated rings. The number of rotatable bonds is 1. The van der Waals surface area contributed by atoms with Crippen LogP contribution in [0.5, 0.6) is 0 Å². The van der Waals surface area contributed by atoms with Gasteiger partial charge in [0.15, 0.2) is 5.82 Å². The van der Waals surface area contributed by atoms with E-state index in [2.05, 4.69) is 45.2 Å². The number of fused-ring (bicyclic) bond motifs is 2. The topological polar surface area (TPSA) is 42.7 Å². The maximum absolute atomic E-state index is 4.42. The van der Waals surface area contributed by atoms with Crippen molar-refractivity contribution < 1.29 is 0 Å². The van der Waals surface area contributed by atoms with Gasteiger partial charge in [0.25, 0.3) is 0 Å². The van der Waals surface area contributed by atoms with Crippen molar-refractivity contribution in [2.75, 3.05) is 6.54 Å². The van der Waals surface area contributed by atoms with E-state index in [1.54, 1.807) is 0 Å². The molecule has 19 heavy (non-hydrogen) atoms. The van der Waals surface area contributed by atoms with Gasteiger partial charge in [0, 0.05) is 18.7 Å². The number of hydrogen-bond acceptors (Lipinski definition) is 3. The monoisotopic (exact) mass is 254 g/mol. The van der Waals surface area contributed by atoms with E-state index in [-0.39, 0.29) is 0 Å². The number of aryl methyl sites for hydroxylation is 2. The first kappa shape index (κ1) is 11.2. The molecule has 2 heterocycles. The Morgan fingerprint density at radius 2 is 2.11 bits per heavy atom. The van der Waals surface area contributed by atoms with Crippen LogP contribution in [-0.4, -0.2) is 21.3 Å². The largest absolute Gasteiger partial charge is 0.308 e. The molecule has 0 spiro atoms. The van der Waals surface area contributed by atoms with E-state index < -0.39 is 0 Å². The van der Waals surface area contributed by atoms with Crippen LogP contribution in [0, 0.1) is 0 Å². The lowest BCUT2D eigenvalue weighted by molar-refractivity contribution is 0.439. The number of nitrogens with zero attached hydrogens (tertiary/aromatic N) is 3. The van der Waals surface area contributed by atoms with Crippen LogP contribution in [-0.2, 0) is 19.4 Å². The van der Waals surface area contributed by atoms with Gasteiger partial charge in [-0.2, -0.15) is 0 Å². The Hall–Kier alpha value is -1.68. The van der Waals surface area contributed by atoms with Crippen molar-refractivity contribution in [2.24, 2.45) is 0 Å². The summed E-state index contributed by atoms with van der Waals surface area (Å²) in [6, 6.07) is 7.08. The predicted molar refractivity (Wildman–Crippen MR) is 73.9 cm³/mol. The van der Waals surface area contributed by atoms with Gasteiger partial charge in [-0.1, -0.05) is 12.1 Å². The molecule has 98 valence electrons. The van der Waals surface area contributed by atoms with Crippen molar-refractivity contribution in [3.63, 3.8) is 0 Å².